The Balaban J connectivity index is 5.04. The number of hydrogen-bond acceptors (Lipinski definition) is 5. The Morgan fingerprint density at radius 3 is 1.38 bits per heavy atom. The van der Waals surface area contributed by atoms with Crippen LogP contribution in [0.4, 0.5) is 0 Å². The molecule has 146 valence electrons. The van der Waals surface area contributed by atoms with Crippen LogP contribution in [0.2, 0.25) is 0 Å². The molecule has 1 unspecified atom stereocenters. The minimum absolute atomic E-state index is 0.535. The minimum atomic E-state index is -1.24. The molecule has 0 saturated heterocycles. The molecule has 1 atom stereocenters. The molecule has 0 aromatic carbocycles. The zero-order chi connectivity index (χ0) is 18.1. The van der Waals surface area contributed by atoms with Crippen LogP contribution in [0.1, 0.15) is 79.1 Å². The van der Waals surface area contributed by atoms with Gasteiger partial charge in [-0.3, -0.25) is 0 Å². The van der Waals surface area contributed by atoms with Crippen LogP contribution in [0.25, 0.3) is 0 Å². The van der Waals surface area contributed by atoms with Gasteiger partial charge in [-0.2, -0.15) is 0 Å². The van der Waals surface area contributed by atoms with Gasteiger partial charge in [0, 0.05) is 0 Å². The Kier molecular flexibility index (Phi) is 16.5. The molecule has 0 spiro atoms. The number of hydrogen-bond donors (Lipinski definition) is 0. The summed E-state index contributed by atoms with van der Waals surface area (Å²) < 4.78 is 29.8. The van der Waals surface area contributed by atoms with Crippen LogP contribution >= 0.6 is 0 Å². The summed E-state index contributed by atoms with van der Waals surface area (Å²) in [6, 6.07) is 0. The highest BCUT2D eigenvalue weighted by Gasteiger charge is 2.44. The molecule has 0 aromatic rings. The fourth-order valence-electron chi connectivity index (χ4n) is 2.05. The molecule has 0 fully saturated rings. The van der Waals surface area contributed by atoms with Crippen molar-refractivity contribution in [3.05, 3.63) is 0 Å². The van der Waals surface area contributed by atoms with E-state index in [1.807, 2.05) is 0 Å². The first kappa shape index (κ1) is 24.0. The van der Waals surface area contributed by atoms with Gasteiger partial charge < -0.3 is 23.4 Å². The molecule has 0 N–H and O–H groups in total. The smallest absolute Gasteiger partial charge is 0.336 e. The molecule has 0 saturated carbocycles. The van der Waals surface area contributed by atoms with E-state index in [4.69, 9.17) is 23.4 Å². The van der Waals surface area contributed by atoms with Crippen LogP contribution < -0.4 is 0 Å². The van der Waals surface area contributed by atoms with E-state index < -0.39 is 12.3 Å². The van der Waals surface area contributed by atoms with Crippen LogP contribution in [0.3, 0.4) is 0 Å². The molecule has 0 aliphatic rings. The van der Waals surface area contributed by atoms with Gasteiger partial charge >= 0.3 is 5.97 Å². The molecule has 0 aliphatic carbocycles. The number of ether oxygens (including phenoxy) is 4. The van der Waals surface area contributed by atoms with Gasteiger partial charge in [0.15, 0.2) is 0 Å². The second-order valence-corrected chi connectivity index (χ2v) is 6.47. The lowest BCUT2D eigenvalue weighted by Gasteiger charge is -2.38. The normalized spacial score (nSPS) is 13.5. The van der Waals surface area contributed by atoms with Gasteiger partial charge in [0.25, 0.3) is 0 Å². The van der Waals surface area contributed by atoms with Gasteiger partial charge in [0.2, 0.25) is 6.29 Å². The van der Waals surface area contributed by atoms with Crippen LogP contribution in [0.15, 0.2) is 0 Å². The molecule has 5 nitrogen and oxygen atoms in total. The van der Waals surface area contributed by atoms with E-state index in [1.54, 1.807) is 0 Å². The second kappa shape index (κ2) is 16.5. The molecule has 0 aromatic heterocycles. The van der Waals surface area contributed by atoms with Crippen molar-refractivity contribution >= 4 is 10.5 Å². The Hall–Kier alpha value is 0.0169. The summed E-state index contributed by atoms with van der Waals surface area (Å²) in [6.07, 6.45) is 7.48. The van der Waals surface area contributed by atoms with Crippen LogP contribution in [-0.4, -0.2) is 49.2 Å². The first-order chi connectivity index (χ1) is 11.7. The molecule has 0 rings (SSSR count). The van der Waals surface area contributed by atoms with Crippen molar-refractivity contribution in [3.63, 3.8) is 0 Å². The van der Waals surface area contributed by atoms with E-state index in [1.165, 1.54) is 0 Å². The predicted molar refractivity (Wildman–Crippen MR) is 101 cm³/mol. The first-order valence-corrected chi connectivity index (χ1v) is 10.6. The van der Waals surface area contributed by atoms with Crippen molar-refractivity contribution in [1.82, 2.24) is 0 Å². The molecule has 0 aliphatic heterocycles. The third-order valence-electron chi connectivity index (χ3n) is 3.67. The molecule has 0 heterocycles. The lowest BCUT2D eigenvalue weighted by atomic mass is 10.3. The maximum atomic E-state index is 6.07. The highest BCUT2D eigenvalue weighted by molar-refractivity contribution is 5.98. The van der Waals surface area contributed by atoms with Crippen LogP contribution in [0.5, 0.6) is 0 Å². The van der Waals surface area contributed by atoms with E-state index in [0.29, 0.717) is 36.9 Å². The maximum absolute atomic E-state index is 6.07. The third kappa shape index (κ3) is 10.1. The molecule has 0 amide bonds. The lowest BCUT2D eigenvalue weighted by molar-refractivity contribution is -0.445. The van der Waals surface area contributed by atoms with E-state index in [-0.39, 0.29) is 0 Å². The van der Waals surface area contributed by atoms with E-state index >= 15 is 0 Å². The van der Waals surface area contributed by atoms with Gasteiger partial charge in [0.05, 0.1) is 26.4 Å². The summed E-state index contributed by atoms with van der Waals surface area (Å²) >= 11 is 0. The lowest BCUT2D eigenvalue weighted by Crippen LogP contribution is -2.53. The topological polar surface area (TPSA) is 46.2 Å². The number of unbranched alkanes of at least 4 members (excludes halogenated alkanes) is 4. The summed E-state index contributed by atoms with van der Waals surface area (Å²) in [5.74, 6) is -1.24. The predicted octanol–water partition coefficient (Wildman–Crippen LogP) is 3.53. The fraction of sp³-hybridized carbons (Fsp3) is 1.00. The summed E-state index contributed by atoms with van der Waals surface area (Å²) in [6.45, 7) is 10.9. The summed E-state index contributed by atoms with van der Waals surface area (Å²) in [5.41, 5.74) is 0. The quantitative estimate of drug-likeness (QED) is 0.211. The van der Waals surface area contributed by atoms with Gasteiger partial charge in [-0.15, -0.1) is 0 Å². The SMILES string of the molecule is CCCCOC(O[SiH3])C(OCCCC)(OCCCC)OCCCC. The molecular formula is C18H40O5Si. The minimum Gasteiger partial charge on any atom is -0.398 e. The second-order valence-electron chi connectivity index (χ2n) is 6.00. The third-order valence-corrected chi connectivity index (χ3v) is 4.10. The molecule has 0 bridgehead atoms. The zero-order valence-corrected chi connectivity index (χ0v) is 18.6. The van der Waals surface area contributed by atoms with Crippen molar-refractivity contribution in [2.24, 2.45) is 0 Å². The monoisotopic (exact) mass is 364 g/mol. The van der Waals surface area contributed by atoms with Crippen molar-refractivity contribution in [1.29, 1.82) is 0 Å². The Morgan fingerprint density at radius 1 is 0.667 bits per heavy atom. The van der Waals surface area contributed by atoms with E-state index in [9.17, 15) is 0 Å². The molecular weight excluding hydrogens is 324 g/mol. The first-order valence-electron chi connectivity index (χ1n) is 9.76. The van der Waals surface area contributed by atoms with Gasteiger partial charge in [0.1, 0.15) is 10.5 Å². The Morgan fingerprint density at radius 2 is 1.04 bits per heavy atom. The molecule has 6 heteroatoms. The average Bonchev–Trinajstić information content (AvgIpc) is 2.59. The zero-order valence-electron chi connectivity index (χ0n) is 16.6. The van der Waals surface area contributed by atoms with Crippen molar-refractivity contribution in [3.8, 4) is 0 Å². The summed E-state index contributed by atoms with van der Waals surface area (Å²) in [4.78, 5) is 0. The van der Waals surface area contributed by atoms with Crippen LogP contribution in [-0.2, 0) is 23.4 Å². The van der Waals surface area contributed by atoms with Crippen molar-refractivity contribution < 1.29 is 23.4 Å². The summed E-state index contributed by atoms with van der Waals surface area (Å²) in [5, 5.41) is 0. The van der Waals surface area contributed by atoms with Crippen molar-refractivity contribution in [2.75, 3.05) is 26.4 Å². The summed E-state index contributed by atoms with van der Waals surface area (Å²) in [7, 11) is 0.535. The largest absolute Gasteiger partial charge is 0.398 e. The highest BCUT2D eigenvalue weighted by Crippen LogP contribution is 2.26. The average molecular weight is 365 g/mol. The Bertz CT molecular complexity index is 239. The number of rotatable bonds is 18. The van der Waals surface area contributed by atoms with Gasteiger partial charge in [-0.25, -0.2) is 0 Å². The fourth-order valence-corrected chi connectivity index (χ4v) is 2.48. The highest BCUT2D eigenvalue weighted by atomic mass is 28.2. The van der Waals surface area contributed by atoms with Crippen molar-refractivity contribution in [2.45, 2.75) is 91.3 Å². The standard InChI is InChI=1S/C18H40O5Si/c1-5-9-13-19-17(23-24)18(20-14-10-6-2,21-15-11-7-3)22-16-12-8-4/h17H,5-16H2,1-4,24H3. The van der Waals surface area contributed by atoms with Gasteiger partial charge in [-0.05, 0) is 25.7 Å². The maximum Gasteiger partial charge on any atom is 0.336 e. The van der Waals surface area contributed by atoms with E-state index in [0.717, 1.165) is 51.4 Å². The van der Waals surface area contributed by atoms with E-state index in [2.05, 4.69) is 27.7 Å². The van der Waals surface area contributed by atoms with Crippen LogP contribution in [0, 0.1) is 0 Å². The molecule has 0 radical (unpaired) electrons. The Labute approximate surface area is 152 Å². The molecule has 24 heavy (non-hydrogen) atoms. The van der Waals surface area contributed by atoms with Gasteiger partial charge in [-0.1, -0.05) is 53.4 Å².